The third-order valence-corrected chi connectivity index (χ3v) is 3.77. The van der Waals surface area contributed by atoms with Crippen molar-refractivity contribution in [1.29, 1.82) is 0 Å². The molecule has 1 aromatic rings. The standard InChI is InChI=1S/C10H8BrFN2S/c11-6-3-8(12)10-9(4-6)14(5-13-15-10)7-1-2-7/h3-5,7H,1-2H2. The number of halogens is 2. The molecule has 0 amide bonds. The maximum atomic E-state index is 13.6. The normalized spacial score (nSPS) is 19.2. The molecule has 1 saturated carbocycles. The molecule has 0 atom stereocenters. The lowest BCUT2D eigenvalue weighted by atomic mass is 10.3. The molecule has 2 aliphatic rings. The van der Waals surface area contributed by atoms with E-state index in [4.69, 9.17) is 0 Å². The van der Waals surface area contributed by atoms with Gasteiger partial charge in [0.1, 0.15) is 12.2 Å². The second kappa shape index (κ2) is 3.49. The third-order valence-electron chi connectivity index (χ3n) is 2.52. The highest BCUT2D eigenvalue weighted by Gasteiger charge is 2.32. The minimum Gasteiger partial charge on any atom is -0.328 e. The first kappa shape index (κ1) is 9.66. The van der Waals surface area contributed by atoms with Crippen LogP contribution in [0, 0.1) is 5.82 Å². The molecule has 1 aromatic carbocycles. The molecule has 15 heavy (non-hydrogen) atoms. The lowest BCUT2D eigenvalue weighted by Gasteiger charge is -2.25. The van der Waals surface area contributed by atoms with Gasteiger partial charge >= 0.3 is 0 Å². The van der Waals surface area contributed by atoms with Gasteiger partial charge in [0, 0.05) is 22.5 Å². The van der Waals surface area contributed by atoms with Gasteiger partial charge in [0.25, 0.3) is 0 Å². The Morgan fingerprint density at radius 2 is 2.27 bits per heavy atom. The predicted molar refractivity (Wildman–Crippen MR) is 64.0 cm³/mol. The molecule has 3 rings (SSSR count). The van der Waals surface area contributed by atoms with Crippen molar-refractivity contribution in [3.8, 4) is 0 Å². The van der Waals surface area contributed by atoms with E-state index in [0.717, 1.165) is 10.2 Å². The lowest BCUT2D eigenvalue weighted by molar-refractivity contribution is 0.600. The van der Waals surface area contributed by atoms with Crippen LogP contribution in [0.25, 0.3) is 0 Å². The summed E-state index contributed by atoms with van der Waals surface area (Å²) in [5.41, 5.74) is 0.935. The molecular formula is C10H8BrFN2S. The van der Waals surface area contributed by atoms with E-state index in [0.29, 0.717) is 10.9 Å². The molecule has 1 fully saturated rings. The van der Waals surface area contributed by atoms with E-state index in [1.165, 1.54) is 30.9 Å². The van der Waals surface area contributed by atoms with Crippen LogP contribution in [0.1, 0.15) is 12.8 Å². The Hall–Kier alpha value is -0.550. The number of fused-ring (bicyclic) bond motifs is 1. The van der Waals surface area contributed by atoms with Crippen LogP contribution in [0.4, 0.5) is 10.1 Å². The lowest BCUT2D eigenvalue weighted by Crippen LogP contribution is -2.25. The van der Waals surface area contributed by atoms with E-state index < -0.39 is 0 Å². The molecule has 0 spiro atoms. The topological polar surface area (TPSA) is 15.6 Å². The Bertz CT molecular complexity index is 445. The van der Waals surface area contributed by atoms with Gasteiger partial charge in [0.2, 0.25) is 0 Å². The maximum absolute atomic E-state index is 13.6. The van der Waals surface area contributed by atoms with Gasteiger partial charge in [-0.15, -0.1) is 0 Å². The van der Waals surface area contributed by atoms with E-state index in [1.807, 2.05) is 6.07 Å². The van der Waals surface area contributed by atoms with Gasteiger partial charge in [-0.25, -0.2) is 8.79 Å². The summed E-state index contributed by atoms with van der Waals surface area (Å²) in [7, 11) is 0. The van der Waals surface area contributed by atoms with Crippen LogP contribution in [-0.4, -0.2) is 12.4 Å². The molecule has 0 unspecified atom stereocenters. The molecule has 5 heteroatoms. The molecule has 0 N–H and O–H groups in total. The summed E-state index contributed by atoms with van der Waals surface area (Å²) in [4.78, 5) is 2.70. The zero-order chi connectivity index (χ0) is 10.4. The van der Waals surface area contributed by atoms with Crippen LogP contribution in [0.3, 0.4) is 0 Å². The van der Waals surface area contributed by atoms with Crippen molar-refractivity contribution < 1.29 is 4.39 Å². The molecule has 2 nitrogen and oxygen atoms in total. The monoisotopic (exact) mass is 286 g/mol. The summed E-state index contributed by atoms with van der Waals surface area (Å²) in [6.45, 7) is 0. The fraction of sp³-hybridized carbons (Fsp3) is 0.300. The van der Waals surface area contributed by atoms with Crippen LogP contribution < -0.4 is 4.90 Å². The van der Waals surface area contributed by atoms with Gasteiger partial charge in [-0.2, -0.15) is 0 Å². The summed E-state index contributed by atoms with van der Waals surface area (Å²) < 4.78 is 18.5. The first-order chi connectivity index (χ1) is 7.25. The van der Waals surface area contributed by atoms with E-state index in [2.05, 4.69) is 25.2 Å². The number of hydrogen-bond donors (Lipinski definition) is 0. The number of rotatable bonds is 1. The van der Waals surface area contributed by atoms with Crippen LogP contribution in [0.5, 0.6) is 0 Å². The van der Waals surface area contributed by atoms with Crippen molar-refractivity contribution >= 4 is 39.9 Å². The van der Waals surface area contributed by atoms with Crippen molar-refractivity contribution in [3.63, 3.8) is 0 Å². The Morgan fingerprint density at radius 3 is 3.00 bits per heavy atom. The number of nitrogens with zero attached hydrogens (tertiary/aromatic N) is 2. The largest absolute Gasteiger partial charge is 0.328 e. The number of anilines is 1. The Labute approximate surface area is 99.8 Å². The van der Waals surface area contributed by atoms with Crippen LogP contribution >= 0.6 is 27.9 Å². The molecule has 1 aliphatic heterocycles. The van der Waals surface area contributed by atoms with Gasteiger partial charge in [-0.05, 0) is 25.0 Å². The second-order valence-electron chi connectivity index (χ2n) is 3.69. The van der Waals surface area contributed by atoms with E-state index in [-0.39, 0.29) is 5.82 Å². The van der Waals surface area contributed by atoms with Gasteiger partial charge < -0.3 is 4.90 Å². The molecule has 0 saturated heterocycles. The predicted octanol–water partition coefficient (Wildman–Crippen LogP) is 3.61. The van der Waals surface area contributed by atoms with Gasteiger partial charge in [-0.3, -0.25) is 0 Å². The minimum atomic E-state index is -0.202. The Kier molecular flexibility index (Phi) is 2.25. The highest BCUT2D eigenvalue weighted by atomic mass is 79.9. The molecule has 1 heterocycles. The molecule has 0 bridgehead atoms. The van der Waals surface area contributed by atoms with Crippen molar-refractivity contribution in [2.75, 3.05) is 4.90 Å². The van der Waals surface area contributed by atoms with E-state index in [9.17, 15) is 4.39 Å². The molecule has 0 radical (unpaired) electrons. The van der Waals surface area contributed by atoms with Crippen molar-refractivity contribution in [2.45, 2.75) is 23.8 Å². The summed E-state index contributed by atoms with van der Waals surface area (Å²) in [6.07, 6.45) is 4.14. The van der Waals surface area contributed by atoms with Crippen molar-refractivity contribution in [3.05, 3.63) is 22.4 Å². The summed E-state index contributed by atoms with van der Waals surface area (Å²) >= 11 is 4.52. The quantitative estimate of drug-likeness (QED) is 0.733. The summed E-state index contributed by atoms with van der Waals surface area (Å²) in [5, 5.41) is 0. The van der Waals surface area contributed by atoms with Gasteiger partial charge in [0.05, 0.1) is 10.6 Å². The first-order valence-corrected chi connectivity index (χ1v) is 6.30. The first-order valence-electron chi connectivity index (χ1n) is 4.73. The van der Waals surface area contributed by atoms with Crippen LogP contribution in [-0.2, 0) is 0 Å². The average Bonchev–Trinajstić information content (AvgIpc) is 3.00. The zero-order valence-electron chi connectivity index (χ0n) is 7.78. The SMILES string of the molecule is Fc1cc(Br)cc2c1SN=CN2C1CC1. The molecule has 1 aliphatic carbocycles. The highest BCUT2D eigenvalue weighted by molar-refractivity contribution is 9.10. The maximum Gasteiger partial charge on any atom is 0.141 e. The second-order valence-corrected chi connectivity index (χ2v) is 5.40. The van der Waals surface area contributed by atoms with E-state index >= 15 is 0 Å². The summed E-state index contributed by atoms with van der Waals surface area (Å²) in [6, 6.07) is 3.95. The van der Waals surface area contributed by atoms with Gasteiger partial charge in [0.15, 0.2) is 0 Å². The van der Waals surface area contributed by atoms with Crippen molar-refractivity contribution in [1.82, 2.24) is 0 Å². The Morgan fingerprint density at radius 1 is 1.47 bits per heavy atom. The molecular weight excluding hydrogens is 279 g/mol. The van der Waals surface area contributed by atoms with Crippen LogP contribution in [0.15, 0.2) is 25.9 Å². The third kappa shape index (κ3) is 1.67. The number of hydrogen-bond acceptors (Lipinski definition) is 3. The van der Waals surface area contributed by atoms with Crippen LogP contribution in [0.2, 0.25) is 0 Å². The minimum absolute atomic E-state index is 0.202. The fourth-order valence-corrected chi connectivity index (χ4v) is 2.74. The molecule has 78 valence electrons. The smallest absolute Gasteiger partial charge is 0.141 e. The highest BCUT2D eigenvalue weighted by Crippen LogP contribution is 2.42. The number of benzene rings is 1. The Balaban J connectivity index is 2.12. The summed E-state index contributed by atoms with van der Waals surface area (Å²) in [5.74, 6) is -0.202. The average molecular weight is 287 g/mol. The van der Waals surface area contributed by atoms with E-state index in [1.54, 1.807) is 6.34 Å². The van der Waals surface area contributed by atoms with Gasteiger partial charge in [-0.1, -0.05) is 15.9 Å². The van der Waals surface area contributed by atoms with Crippen molar-refractivity contribution in [2.24, 2.45) is 4.40 Å². The molecule has 0 aromatic heterocycles. The zero-order valence-corrected chi connectivity index (χ0v) is 10.2. The fourth-order valence-electron chi connectivity index (χ4n) is 1.66.